The Morgan fingerprint density at radius 1 is 1.16 bits per heavy atom. The van der Waals surface area contributed by atoms with Crippen LogP contribution >= 0.6 is 23.1 Å². The second-order valence-electron chi connectivity index (χ2n) is 6.84. The maximum absolute atomic E-state index is 12.6. The van der Waals surface area contributed by atoms with Crippen LogP contribution < -0.4 is 15.4 Å². The lowest BCUT2D eigenvalue weighted by atomic mass is 10.2. The van der Waals surface area contributed by atoms with Crippen LogP contribution in [-0.4, -0.2) is 29.2 Å². The van der Waals surface area contributed by atoms with Gasteiger partial charge in [-0.15, -0.1) is 23.1 Å². The van der Waals surface area contributed by atoms with Gasteiger partial charge >= 0.3 is 0 Å². The zero-order valence-electron chi connectivity index (χ0n) is 17.7. The van der Waals surface area contributed by atoms with E-state index in [-0.39, 0.29) is 17.1 Å². The third kappa shape index (κ3) is 6.57. The zero-order valence-corrected chi connectivity index (χ0v) is 19.3. The van der Waals surface area contributed by atoms with Crippen molar-refractivity contribution < 1.29 is 14.3 Å². The minimum absolute atomic E-state index is 0.00686. The Labute approximate surface area is 190 Å². The smallest absolute Gasteiger partial charge is 0.239 e. The van der Waals surface area contributed by atoms with E-state index in [4.69, 9.17) is 4.74 Å². The first-order valence-electron chi connectivity index (χ1n) is 9.96. The molecule has 0 saturated heterocycles. The summed E-state index contributed by atoms with van der Waals surface area (Å²) < 4.78 is 5.26. The number of hydrogen-bond donors (Lipinski definition) is 2. The number of hydrogen-bond acceptors (Lipinski definition) is 6. The van der Waals surface area contributed by atoms with Crippen molar-refractivity contribution in [3.8, 4) is 17.0 Å². The molecule has 162 valence electrons. The minimum Gasteiger partial charge on any atom is -0.497 e. The fourth-order valence-electron chi connectivity index (χ4n) is 2.78. The summed E-state index contributed by atoms with van der Waals surface area (Å²) in [5.74, 6) is 0.654. The van der Waals surface area contributed by atoms with E-state index < -0.39 is 0 Å². The van der Waals surface area contributed by atoms with E-state index in [0.29, 0.717) is 11.6 Å². The molecule has 0 spiro atoms. The maximum Gasteiger partial charge on any atom is 0.239 e. The lowest BCUT2D eigenvalue weighted by molar-refractivity contribution is -0.116. The highest BCUT2D eigenvalue weighted by Crippen LogP contribution is 2.29. The molecule has 6 nitrogen and oxygen atoms in total. The molecule has 3 aromatic rings. The Kier molecular flexibility index (Phi) is 8.08. The van der Waals surface area contributed by atoms with E-state index in [2.05, 4.69) is 15.6 Å². The van der Waals surface area contributed by atoms with Crippen LogP contribution in [0.1, 0.15) is 26.7 Å². The maximum atomic E-state index is 12.6. The first kappa shape index (κ1) is 22.8. The van der Waals surface area contributed by atoms with E-state index in [1.807, 2.05) is 67.8 Å². The Bertz CT molecular complexity index is 1030. The SMILES string of the molecule is CCCC(=O)Nc1ccc(SC(C)C(=O)Nc2nc(-c3cccc(OC)c3)cs2)cc1. The summed E-state index contributed by atoms with van der Waals surface area (Å²) in [6.07, 6.45) is 1.32. The van der Waals surface area contributed by atoms with Gasteiger partial charge in [0.2, 0.25) is 11.8 Å². The van der Waals surface area contributed by atoms with Crippen LogP contribution in [-0.2, 0) is 9.59 Å². The molecule has 2 aromatic carbocycles. The summed E-state index contributed by atoms with van der Waals surface area (Å²) in [5.41, 5.74) is 2.48. The standard InChI is InChI=1S/C23H25N3O3S2/c1-4-6-21(27)24-17-9-11-19(12-10-17)31-15(2)22(28)26-23-25-20(14-30-23)16-7-5-8-18(13-16)29-3/h5,7-15H,4,6H2,1-3H3,(H,24,27)(H,25,26,28). The number of carbonyl (C=O) groups is 2. The van der Waals surface area contributed by atoms with Gasteiger partial charge in [0.25, 0.3) is 0 Å². The first-order valence-corrected chi connectivity index (χ1v) is 11.7. The number of nitrogens with zero attached hydrogens (tertiary/aromatic N) is 1. The molecule has 0 aliphatic heterocycles. The summed E-state index contributed by atoms with van der Waals surface area (Å²) in [6, 6.07) is 15.2. The summed E-state index contributed by atoms with van der Waals surface area (Å²) >= 11 is 2.84. The molecule has 0 radical (unpaired) electrons. The second kappa shape index (κ2) is 11.0. The van der Waals surface area contributed by atoms with Gasteiger partial charge < -0.3 is 15.4 Å². The van der Waals surface area contributed by atoms with Crippen LogP contribution in [0.25, 0.3) is 11.3 Å². The van der Waals surface area contributed by atoms with Crippen LogP contribution in [0, 0.1) is 0 Å². The Hall–Kier alpha value is -2.84. The molecular weight excluding hydrogens is 430 g/mol. The summed E-state index contributed by atoms with van der Waals surface area (Å²) in [6.45, 7) is 3.82. The van der Waals surface area contributed by atoms with Crippen molar-refractivity contribution in [2.45, 2.75) is 36.8 Å². The fourth-order valence-corrected chi connectivity index (χ4v) is 4.37. The zero-order chi connectivity index (χ0) is 22.2. The Balaban J connectivity index is 1.56. The highest BCUT2D eigenvalue weighted by Gasteiger charge is 2.16. The predicted molar refractivity (Wildman–Crippen MR) is 128 cm³/mol. The number of thioether (sulfide) groups is 1. The molecule has 31 heavy (non-hydrogen) atoms. The van der Waals surface area contributed by atoms with Crippen molar-refractivity contribution in [1.82, 2.24) is 4.98 Å². The molecule has 3 rings (SSSR count). The van der Waals surface area contributed by atoms with Gasteiger partial charge in [0.05, 0.1) is 18.1 Å². The highest BCUT2D eigenvalue weighted by molar-refractivity contribution is 8.00. The van der Waals surface area contributed by atoms with Crippen molar-refractivity contribution >= 4 is 45.7 Å². The molecule has 1 aromatic heterocycles. The third-order valence-electron chi connectivity index (χ3n) is 4.40. The lowest BCUT2D eigenvalue weighted by Gasteiger charge is -2.11. The topological polar surface area (TPSA) is 80.3 Å². The van der Waals surface area contributed by atoms with E-state index in [1.54, 1.807) is 7.11 Å². The number of benzene rings is 2. The quantitative estimate of drug-likeness (QED) is 0.406. The van der Waals surface area contributed by atoms with Gasteiger partial charge in [0.15, 0.2) is 5.13 Å². The van der Waals surface area contributed by atoms with Crippen molar-refractivity contribution in [2.75, 3.05) is 17.7 Å². The molecule has 2 N–H and O–H groups in total. The molecule has 8 heteroatoms. The number of amides is 2. The van der Waals surface area contributed by atoms with Crippen molar-refractivity contribution in [1.29, 1.82) is 0 Å². The van der Waals surface area contributed by atoms with E-state index in [9.17, 15) is 9.59 Å². The van der Waals surface area contributed by atoms with Gasteiger partial charge in [-0.3, -0.25) is 9.59 Å². The number of ether oxygens (including phenoxy) is 1. The molecule has 0 fully saturated rings. The largest absolute Gasteiger partial charge is 0.497 e. The summed E-state index contributed by atoms with van der Waals surface area (Å²) in [7, 11) is 1.63. The molecule has 2 amide bonds. The van der Waals surface area contributed by atoms with Crippen molar-refractivity contribution in [2.24, 2.45) is 0 Å². The number of nitrogens with one attached hydrogen (secondary N) is 2. The minimum atomic E-state index is -0.301. The fraction of sp³-hybridized carbons (Fsp3) is 0.261. The highest BCUT2D eigenvalue weighted by atomic mass is 32.2. The van der Waals surface area contributed by atoms with Crippen molar-refractivity contribution in [3.05, 3.63) is 53.9 Å². The first-order chi connectivity index (χ1) is 15.0. The van der Waals surface area contributed by atoms with Crippen LogP contribution in [0.4, 0.5) is 10.8 Å². The lowest BCUT2D eigenvalue weighted by Crippen LogP contribution is -2.22. The molecule has 1 heterocycles. The van der Waals surface area contributed by atoms with E-state index in [1.165, 1.54) is 23.1 Å². The van der Waals surface area contributed by atoms with Gasteiger partial charge in [-0.25, -0.2) is 4.98 Å². The third-order valence-corrected chi connectivity index (χ3v) is 6.27. The number of anilines is 2. The monoisotopic (exact) mass is 455 g/mol. The number of methoxy groups -OCH3 is 1. The van der Waals surface area contributed by atoms with Gasteiger partial charge in [-0.1, -0.05) is 19.1 Å². The van der Waals surface area contributed by atoms with E-state index in [0.717, 1.165) is 34.0 Å². The number of rotatable bonds is 9. The van der Waals surface area contributed by atoms with Crippen LogP contribution in [0.2, 0.25) is 0 Å². The number of thiazole rings is 1. The molecule has 1 atom stereocenters. The molecular formula is C23H25N3O3S2. The summed E-state index contributed by atoms with van der Waals surface area (Å²) in [5, 5.41) is 7.92. The average molecular weight is 456 g/mol. The van der Waals surface area contributed by atoms with Gasteiger partial charge in [0, 0.05) is 27.9 Å². The predicted octanol–water partition coefficient (Wildman–Crippen LogP) is 5.68. The van der Waals surface area contributed by atoms with Crippen LogP contribution in [0.5, 0.6) is 5.75 Å². The van der Waals surface area contributed by atoms with Gasteiger partial charge in [-0.2, -0.15) is 0 Å². The molecule has 0 aliphatic rings. The number of aromatic nitrogens is 1. The molecule has 1 unspecified atom stereocenters. The summed E-state index contributed by atoms with van der Waals surface area (Å²) in [4.78, 5) is 29.8. The van der Waals surface area contributed by atoms with E-state index >= 15 is 0 Å². The molecule has 0 bridgehead atoms. The Morgan fingerprint density at radius 2 is 1.94 bits per heavy atom. The Morgan fingerprint density at radius 3 is 2.65 bits per heavy atom. The molecule has 0 saturated carbocycles. The van der Waals surface area contributed by atoms with Gasteiger partial charge in [-0.05, 0) is 49.7 Å². The van der Waals surface area contributed by atoms with Gasteiger partial charge in [0.1, 0.15) is 5.75 Å². The van der Waals surface area contributed by atoms with Crippen LogP contribution in [0.3, 0.4) is 0 Å². The normalized spacial score (nSPS) is 11.6. The van der Waals surface area contributed by atoms with Crippen molar-refractivity contribution in [3.63, 3.8) is 0 Å². The number of carbonyl (C=O) groups excluding carboxylic acids is 2. The average Bonchev–Trinajstić information content (AvgIpc) is 3.24. The second-order valence-corrected chi connectivity index (χ2v) is 9.11. The molecule has 0 aliphatic carbocycles. The van der Waals surface area contributed by atoms with Crippen LogP contribution in [0.15, 0.2) is 58.8 Å².